The molecule has 0 aromatic carbocycles. The van der Waals surface area contributed by atoms with E-state index in [1.165, 1.54) is 0 Å². The highest BCUT2D eigenvalue weighted by Crippen LogP contribution is 2.19. The van der Waals surface area contributed by atoms with Crippen LogP contribution in [-0.2, 0) is 7.05 Å². The van der Waals surface area contributed by atoms with Crippen LogP contribution in [0.4, 0.5) is 5.82 Å². The van der Waals surface area contributed by atoms with Gasteiger partial charge in [0.15, 0.2) is 5.82 Å². The maximum absolute atomic E-state index is 5.66. The first-order valence-corrected chi connectivity index (χ1v) is 5.49. The van der Waals surface area contributed by atoms with Crippen molar-refractivity contribution >= 4 is 16.9 Å². The Morgan fingerprint density at radius 1 is 1.50 bits per heavy atom. The number of imidazole rings is 1. The Hall–Kier alpha value is -1.62. The van der Waals surface area contributed by atoms with Crippen LogP contribution in [0, 0.1) is 0 Å². The highest BCUT2D eigenvalue weighted by Gasteiger charge is 2.10. The summed E-state index contributed by atoms with van der Waals surface area (Å²) in [4.78, 5) is 8.65. The molecule has 5 nitrogen and oxygen atoms in total. The number of rotatable bonds is 4. The van der Waals surface area contributed by atoms with E-state index in [2.05, 4.69) is 22.2 Å². The Bertz CT molecular complexity index is 472. The van der Waals surface area contributed by atoms with Crippen molar-refractivity contribution in [1.82, 2.24) is 14.5 Å². The Kier molecular flexibility index (Phi) is 3.05. The monoisotopic (exact) mass is 219 g/mol. The Labute approximate surface area is 94.7 Å². The van der Waals surface area contributed by atoms with Crippen LogP contribution in [0.5, 0.6) is 0 Å². The molecule has 5 heteroatoms. The smallest absolute Gasteiger partial charge is 0.154 e. The summed E-state index contributed by atoms with van der Waals surface area (Å²) in [5, 5.41) is 3.32. The van der Waals surface area contributed by atoms with Gasteiger partial charge in [-0.2, -0.15) is 0 Å². The van der Waals surface area contributed by atoms with Crippen molar-refractivity contribution in [2.24, 2.45) is 12.8 Å². The molecule has 2 heterocycles. The number of nitrogens with one attached hydrogen (secondary N) is 1. The minimum absolute atomic E-state index is 0.250. The normalized spacial score (nSPS) is 12.9. The molecule has 3 N–H and O–H groups in total. The zero-order chi connectivity index (χ0) is 11.5. The van der Waals surface area contributed by atoms with Crippen molar-refractivity contribution < 1.29 is 0 Å². The molecule has 1 atom stereocenters. The van der Waals surface area contributed by atoms with Crippen LogP contribution >= 0.6 is 0 Å². The zero-order valence-corrected chi connectivity index (χ0v) is 9.64. The third-order valence-corrected chi connectivity index (χ3v) is 2.76. The number of hydrogen-bond acceptors (Lipinski definition) is 4. The second kappa shape index (κ2) is 4.49. The molecular weight excluding hydrogens is 202 g/mol. The first-order chi connectivity index (χ1) is 7.76. The summed E-state index contributed by atoms with van der Waals surface area (Å²) in [5.74, 6) is 0.815. The molecule has 2 rings (SSSR count). The molecule has 0 saturated carbocycles. The molecule has 0 amide bonds. The largest absolute Gasteiger partial charge is 0.364 e. The van der Waals surface area contributed by atoms with E-state index in [-0.39, 0.29) is 6.04 Å². The van der Waals surface area contributed by atoms with Crippen LogP contribution in [0.25, 0.3) is 11.0 Å². The van der Waals surface area contributed by atoms with Crippen molar-refractivity contribution in [1.29, 1.82) is 0 Å². The molecule has 86 valence electrons. The minimum Gasteiger partial charge on any atom is -0.364 e. The molecule has 1 unspecified atom stereocenters. The van der Waals surface area contributed by atoms with Gasteiger partial charge in [0.05, 0.1) is 11.8 Å². The zero-order valence-electron chi connectivity index (χ0n) is 9.64. The van der Waals surface area contributed by atoms with Crippen molar-refractivity contribution in [3.05, 3.63) is 18.6 Å². The van der Waals surface area contributed by atoms with Gasteiger partial charge in [0, 0.05) is 25.8 Å². The quantitative estimate of drug-likeness (QED) is 0.808. The van der Waals surface area contributed by atoms with E-state index in [0.717, 1.165) is 23.3 Å². The lowest BCUT2D eigenvalue weighted by atomic mass is 10.2. The maximum atomic E-state index is 5.66. The Morgan fingerprint density at radius 3 is 3.00 bits per heavy atom. The van der Waals surface area contributed by atoms with Crippen LogP contribution in [0.2, 0.25) is 0 Å². The fraction of sp³-hybridized carbons (Fsp3) is 0.455. The van der Waals surface area contributed by atoms with Gasteiger partial charge in [-0.05, 0) is 12.5 Å². The van der Waals surface area contributed by atoms with Crippen molar-refractivity contribution in [3.63, 3.8) is 0 Å². The summed E-state index contributed by atoms with van der Waals surface area (Å²) in [6.45, 7) is 2.70. The molecule has 0 spiro atoms. The van der Waals surface area contributed by atoms with Crippen molar-refractivity contribution in [3.8, 4) is 0 Å². The van der Waals surface area contributed by atoms with Gasteiger partial charge in [-0.15, -0.1) is 0 Å². The molecule has 0 aliphatic rings. The highest BCUT2D eigenvalue weighted by atomic mass is 15.1. The van der Waals surface area contributed by atoms with Gasteiger partial charge in [0.2, 0.25) is 0 Å². The number of anilines is 1. The Morgan fingerprint density at radius 2 is 2.31 bits per heavy atom. The van der Waals surface area contributed by atoms with Crippen LogP contribution in [0.3, 0.4) is 0 Å². The second-order valence-corrected chi connectivity index (χ2v) is 3.87. The number of aryl methyl sites for hydroxylation is 1. The van der Waals surface area contributed by atoms with Crippen molar-refractivity contribution in [2.45, 2.75) is 19.4 Å². The van der Waals surface area contributed by atoms with Crippen LogP contribution in [0.1, 0.15) is 13.3 Å². The number of aromatic nitrogens is 3. The van der Waals surface area contributed by atoms with E-state index < -0.39 is 0 Å². The number of pyridine rings is 1. The predicted octanol–water partition coefficient (Wildman–Crippen LogP) is 1.12. The van der Waals surface area contributed by atoms with Gasteiger partial charge in [-0.3, -0.25) is 0 Å². The number of nitrogens with two attached hydrogens (primary N) is 1. The molecule has 0 aliphatic carbocycles. The number of fused-ring (bicyclic) bond motifs is 1. The third kappa shape index (κ3) is 1.86. The lowest BCUT2D eigenvalue weighted by molar-refractivity contribution is 0.701. The topological polar surface area (TPSA) is 68.8 Å². The molecule has 0 aliphatic heterocycles. The predicted molar refractivity (Wildman–Crippen MR) is 65.3 cm³/mol. The van der Waals surface area contributed by atoms with Crippen molar-refractivity contribution in [2.75, 3.05) is 11.9 Å². The average molecular weight is 219 g/mol. The van der Waals surface area contributed by atoms with Gasteiger partial charge in [0.1, 0.15) is 5.52 Å². The van der Waals surface area contributed by atoms with E-state index in [0.29, 0.717) is 6.54 Å². The molecule has 0 fully saturated rings. The van der Waals surface area contributed by atoms with Crippen LogP contribution in [0.15, 0.2) is 18.6 Å². The van der Waals surface area contributed by atoms with Gasteiger partial charge in [-0.1, -0.05) is 6.92 Å². The molecule has 0 saturated heterocycles. The van der Waals surface area contributed by atoms with Gasteiger partial charge in [0.25, 0.3) is 0 Å². The lowest BCUT2D eigenvalue weighted by Crippen LogP contribution is -2.28. The van der Waals surface area contributed by atoms with Gasteiger partial charge < -0.3 is 15.6 Å². The molecule has 16 heavy (non-hydrogen) atoms. The van der Waals surface area contributed by atoms with Crippen LogP contribution in [-0.4, -0.2) is 27.1 Å². The summed E-state index contributed by atoms with van der Waals surface area (Å²) >= 11 is 0. The highest BCUT2D eigenvalue weighted by molar-refractivity contribution is 5.85. The number of nitrogens with zero attached hydrogens (tertiary/aromatic N) is 3. The second-order valence-electron chi connectivity index (χ2n) is 3.87. The third-order valence-electron chi connectivity index (χ3n) is 2.76. The van der Waals surface area contributed by atoms with Gasteiger partial charge in [-0.25, -0.2) is 9.97 Å². The molecule has 2 aromatic heterocycles. The van der Waals surface area contributed by atoms with Gasteiger partial charge >= 0.3 is 0 Å². The molecular formula is C11H17N5. The Balaban J connectivity index is 2.37. The van der Waals surface area contributed by atoms with E-state index in [1.807, 2.05) is 17.7 Å². The van der Waals surface area contributed by atoms with E-state index >= 15 is 0 Å². The summed E-state index contributed by atoms with van der Waals surface area (Å²) in [6, 6.07) is 2.21. The van der Waals surface area contributed by atoms with E-state index in [1.54, 1.807) is 12.5 Å². The average Bonchev–Trinajstić information content (AvgIpc) is 2.69. The fourth-order valence-corrected chi connectivity index (χ4v) is 1.69. The first kappa shape index (κ1) is 10.9. The van der Waals surface area contributed by atoms with E-state index in [9.17, 15) is 0 Å². The SMILES string of the molecule is CCC(CN)Nc1nccc2c1ncn2C. The minimum atomic E-state index is 0.250. The summed E-state index contributed by atoms with van der Waals surface area (Å²) in [5.41, 5.74) is 7.64. The summed E-state index contributed by atoms with van der Waals surface area (Å²) in [7, 11) is 1.97. The molecule has 2 aromatic rings. The summed E-state index contributed by atoms with van der Waals surface area (Å²) in [6.07, 6.45) is 4.55. The fourth-order valence-electron chi connectivity index (χ4n) is 1.69. The van der Waals surface area contributed by atoms with Crippen LogP contribution < -0.4 is 11.1 Å². The first-order valence-electron chi connectivity index (χ1n) is 5.49. The number of hydrogen-bond donors (Lipinski definition) is 2. The lowest BCUT2D eigenvalue weighted by Gasteiger charge is -2.15. The summed E-state index contributed by atoms with van der Waals surface area (Å²) < 4.78 is 1.98. The molecule has 0 radical (unpaired) electrons. The maximum Gasteiger partial charge on any atom is 0.154 e. The molecule has 0 bridgehead atoms. The standard InChI is InChI=1S/C11H17N5/c1-3-8(6-12)15-11-10-9(4-5-13-11)16(2)7-14-10/h4-5,7-8H,3,6,12H2,1-2H3,(H,13,15). The van der Waals surface area contributed by atoms with E-state index in [4.69, 9.17) is 5.73 Å².